The number of benzene rings is 8. The molecule has 0 aliphatic heterocycles. The summed E-state index contributed by atoms with van der Waals surface area (Å²) in [5.74, 6) is 0. The minimum atomic E-state index is 0.658. The highest BCUT2D eigenvalue weighted by molar-refractivity contribution is 6.12. The van der Waals surface area contributed by atoms with E-state index in [2.05, 4.69) is 219 Å². The first-order chi connectivity index (χ1) is 51.2. The van der Waals surface area contributed by atoms with E-state index in [1.807, 2.05) is 134 Å². The minimum absolute atomic E-state index is 0.658. The zero-order chi connectivity index (χ0) is 72.0. The van der Waals surface area contributed by atoms with Crippen LogP contribution in [0.2, 0.25) is 0 Å². The second kappa shape index (κ2) is 28.0. The van der Waals surface area contributed by atoms with Crippen molar-refractivity contribution in [1.29, 1.82) is 0 Å². The van der Waals surface area contributed by atoms with E-state index < -0.39 is 0 Å². The molecule has 12 aromatic heterocycles. The van der Waals surface area contributed by atoms with E-state index in [4.69, 9.17) is 22.1 Å². The third-order valence-electron chi connectivity index (χ3n) is 20.0. The molecule has 0 N–H and O–H groups in total. The van der Waals surface area contributed by atoms with Crippen LogP contribution in [0.4, 0.5) is 0 Å². The number of fused-ring (bicyclic) bond motifs is 15. The second-order valence-corrected chi connectivity index (χ2v) is 26.9. The lowest BCUT2D eigenvalue weighted by Gasteiger charge is -2.05. The van der Waals surface area contributed by atoms with Gasteiger partial charge >= 0.3 is 0 Å². The van der Waals surface area contributed by atoms with E-state index in [1.165, 1.54) is 55.6 Å². The van der Waals surface area contributed by atoms with Gasteiger partial charge in [-0.15, -0.1) is 0 Å². The molecule has 0 aliphatic rings. The fourth-order valence-electron chi connectivity index (χ4n) is 13.4. The fraction of sp³-hybridized carbons (Fsp3) is 0.108. The van der Waals surface area contributed by atoms with Gasteiger partial charge in [-0.1, -0.05) is 109 Å². The summed E-state index contributed by atoms with van der Waals surface area (Å²) in [6.45, 7) is 21.0. The smallest absolute Gasteiger partial charge is 0.227 e. The quantitative estimate of drug-likeness (QED) is 0.161. The molecule has 0 unspecified atom stereocenters. The van der Waals surface area contributed by atoms with Crippen LogP contribution in [0.5, 0.6) is 0 Å². The van der Waals surface area contributed by atoms with E-state index in [0.29, 0.717) is 11.4 Å². The topological polar surface area (TPSA) is 156 Å². The zero-order valence-corrected chi connectivity index (χ0v) is 60.0. The molecule has 0 saturated heterocycles. The van der Waals surface area contributed by atoms with Crippen molar-refractivity contribution in [3.63, 3.8) is 0 Å². The van der Waals surface area contributed by atoms with Crippen LogP contribution in [-0.2, 0) is 0 Å². The van der Waals surface area contributed by atoms with Gasteiger partial charge in [0.1, 0.15) is 44.9 Å². The standard InChI is InChI=1S/3C19H15NO.2C18H14N2O/c1-12-10-17(20-11-13(12)2)16-8-5-7-15-14-6-3-4-9-18(14)21-19(15)16;1-12-9-17(20-11-13(12)2)14-7-8-16-15-5-3-4-6-18(15)21-19(16)10-14;1-12-7-8-14(11-13(12)2)18-19-16(9-10-20-18)15-5-3-4-6-17(15)21-19;1-11-9-16(20-10-12(11)2)15-6-3-5-13-14-7-4-8-19-18(14)21-17(13)15;1-11-5-6-13(10-12(11)2)16-17-14(7-9-19-16)15-4-3-8-20-18(15)21-17/h3*3-11H,1-2H3;2*3-10H,1-2H3. The summed E-state index contributed by atoms with van der Waals surface area (Å²) in [5, 5.41) is 11.1. The lowest BCUT2D eigenvalue weighted by molar-refractivity contribution is 0.653. The Labute approximate surface area is 606 Å². The molecule has 12 heterocycles. The van der Waals surface area contributed by atoms with Crippen molar-refractivity contribution in [2.45, 2.75) is 69.2 Å². The molecule has 0 bridgehead atoms. The van der Waals surface area contributed by atoms with Gasteiger partial charge < -0.3 is 22.1 Å². The molecule has 12 nitrogen and oxygen atoms in total. The molecule has 105 heavy (non-hydrogen) atoms. The molecule has 0 amide bonds. The third-order valence-corrected chi connectivity index (χ3v) is 20.0. The van der Waals surface area contributed by atoms with Gasteiger partial charge in [0, 0.05) is 125 Å². The van der Waals surface area contributed by atoms with E-state index in [-0.39, 0.29) is 0 Å². The van der Waals surface area contributed by atoms with Crippen LogP contribution in [0.3, 0.4) is 0 Å². The van der Waals surface area contributed by atoms with Crippen molar-refractivity contribution in [2.24, 2.45) is 0 Å². The Morgan fingerprint density at radius 1 is 0.210 bits per heavy atom. The summed E-state index contributed by atoms with van der Waals surface area (Å²) in [4.78, 5) is 31.3. The number of pyridine rings is 7. The van der Waals surface area contributed by atoms with Crippen LogP contribution < -0.4 is 0 Å². The van der Waals surface area contributed by atoms with E-state index >= 15 is 0 Å². The largest absolute Gasteiger partial charge is 0.456 e. The second-order valence-electron chi connectivity index (χ2n) is 26.9. The number of aromatic nitrogens is 7. The maximum atomic E-state index is 6.07. The Morgan fingerprint density at radius 3 is 1.10 bits per heavy atom. The molecular formula is C93H73N7O5. The summed E-state index contributed by atoms with van der Waals surface area (Å²) in [7, 11) is 0. The van der Waals surface area contributed by atoms with Crippen LogP contribution in [0.15, 0.2) is 284 Å². The highest BCUT2D eigenvalue weighted by Gasteiger charge is 2.19. The molecule has 0 aliphatic carbocycles. The first-order valence-corrected chi connectivity index (χ1v) is 35.1. The molecule has 0 atom stereocenters. The maximum absolute atomic E-state index is 6.07. The van der Waals surface area contributed by atoms with Crippen LogP contribution in [0, 0.1) is 69.2 Å². The lowest BCUT2D eigenvalue weighted by Crippen LogP contribution is -1.88. The van der Waals surface area contributed by atoms with Crippen molar-refractivity contribution in [3.05, 3.63) is 317 Å². The third kappa shape index (κ3) is 12.9. The summed E-state index contributed by atoms with van der Waals surface area (Å²) in [5.41, 5.74) is 30.8. The van der Waals surface area contributed by atoms with E-state index in [1.54, 1.807) is 12.4 Å². The van der Waals surface area contributed by atoms with Crippen LogP contribution in [0.1, 0.15) is 55.6 Å². The van der Waals surface area contributed by atoms with Gasteiger partial charge in [-0.05, 0) is 234 Å². The molecule has 12 heteroatoms. The van der Waals surface area contributed by atoms with Crippen LogP contribution in [0.25, 0.3) is 166 Å². The van der Waals surface area contributed by atoms with Crippen LogP contribution in [-0.4, -0.2) is 34.9 Å². The molecule has 0 fully saturated rings. The molecule has 0 radical (unpaired) electrons. The number of furan rings is 5. The number of hydrogen-bond donors (Lipinski definition) is 0. The summed E-state index contributed by atoms with van der Waals surface area (Å²) >= 11 is 0. The number of hydrogen-bond acceptors (Lipinski definition) is 12. The fourth-order valence-corrected chi connectivity index (χ4v) is 13.4. The molecular weight excluding hydrogens is 1300 g/mol. The molecule has 8 aromatic carbocycles. The highest BCUT2D eigenvalue weighted by Crippen LogP contribution is 2.40. The van der Waals surface area contributed by atoms with Crippen molar-refractivity contribution in [1.82, 2.24) is 34.9 Å². The number of aryl methyl sites for hydroxylation is 10. The van der Waals surface area contributed by atoms with Gasteiger partial charge in [-0.3, -0.25) is 24.9 Å². The maximum Gasteiger partial charge on any atom is 0.227 e. The predicted molar refractivity (Wildman–Crippen MR) is 428 cm³/mol. The normalized spacial score (nSPS) is 11.3. The molecule has 20 rings (SSSR count). The highest BCUT2D eigenvalue weighted by atomic mass is 16.4. The SMILES string of the molecule is Cc1ccc(-c2nccc3c2oc2ccccc23)cc1C.Cc1ccc(-c2nccc3c2oc2ncccc23)cc1C.Cc1cnc(-c2ccc3c(c2)oc2ccccc23)cc1C.Cc1cnc(-c2cccc3c2oc2ccccc23)cc1C.Cc1cnc(-c2cccc3c2oc2ncccc23)cc1C. The van der Waals surface area contributed by atoms with Gasteiger partial charge in [-0.2, -0.15) is 0 Å². The monoisotopic (exact) mass is 1370 g/mol. The molecule has 510 valence electrons. The number of rotatable bonds is 5. The molecule has 0 spiro atoms. The Bertz CT molecular complexity index is 6060. The first-order valence-electron chi connectivity index (χ1n) is 35.1. The van der Waals surface area contributed by atoms with Crippen LogP contribution >= 0.6 is 0 Å². The first kappa shape index (κ1) is 66.4. The van der Waals surface area contributed by atoms with Gasteiger partial charge in [0.15, 0.2) is 11.2 Å². The van der Waals surface area contributed by atoms with Crippen molar-refractivity contribution < 1.29 is 22.1 Å². The van der Waals surface area contributed by atoms with E-state index in [0.717, 1.165) is 155 Å². The predicted octanol–water partition coefficient (Wildman–Crippen LogP) is 25.1. The summed E-state index contributed by atoms with van der Waals surface area (Å²) < 4.78 is 29.9. The van der Waals surface area contributed by atoms with Gasteiger partial charge in [0.05, 0.1) is 17.1 Å². The van der Waals surface area contributed by atoms with Gasteiger partial charge in [0.25, 0.3) is 0 Å². The minimum Gasteiger partial charge on any atom is -0.456 e. The zero-order valence-electron chi connectivity index (χ0n) is 60.0. The molecule has 0 saturated carbocycles. The van der Waals surface area contributed by atoms with Crippen molar-refractivity contribution >= 4 is 110 Å². The summed E-state index contributed by atoms with van der Waals surface area (Å²) in [6, 6.07) is 74.1. The van der Waals surface area contributed by atoms with Gasteiger partial charge in [-0.25, -0.2) is 9.97 Å². The lowest BCUT2D eigenvalue weighted by atomic mass is 10.0. The Morgan fingerprint density at radius 2 is 0.581 bits per heavy atom. The Kier molecular flexibility index (Phi) is 17.7. The number of para-hydroxylation sites is 5. The molecule has 20 aromatic rings. The van der Waals surface area contributed by atoms with E-state index in [9.17, 15) is 0 Å². The average molecular weight is 1370 g/mol. The Hall–Kier alpha value is -13.2. The average Bonchev–Trinajstić information content (AvgIpc) is 1.66. The summed E-state index contributed by atoms with van der Waals surface area (Å²) in [6.07, 6.45) is 12.9. The van der Waals surface area contributed by atoms with Crippen molar-refractivity contribution in [2.75, 3.05) is 0 Å². The van der Waals surface area contributed by atoms with Gasteiger partial charge in [0.2, 0.25) is 11.4 Å². The Balaban J connectivity index is 0.000000101. The number of nitrogens with zero attached hydrogens (tertiary/aromatic N) is 7. The van der Waals surface area contributed by atoms with Crippen molar-refractivity contribution in [3.8, 4) is 56.3 Å².